The molecule has 10 heavy (non-hydrogen) atoms. The Balaban J connectivity index is 2.31. The molecule has 0 radical (unpaired) electrons. The summed E-state index contributed by atoms with van der Waals surface area (Å²) in [5.41, 5.74) is 0. The van der Waals surface area contributed by atoms with E-state index in [4.69, 9.17) is 9.47 Å². The molecule has 1 aliphatic heterocycles. The monoisotopic (exact) mass is 162 g/mol. The van der Waals surface area contributed by atoms with E-state index in [2.05, 4.69) is 12.6 Å². The number of thiol groups is 1. The smallest absolute Gasteiger partial charge is 0.162 e. The van der Waals surface area contributed by atoms with Crippen molar-refractivity contribution in [3.63, 3.8) is 0 Å². The zero-order valence-corrected chi connectivity index (χ0v) is 7.36. The van der Waals surface area contributed by atoms with Gasteiger partial charge >= 0.3 is 0 Å². The summed E-state index contributed by atoms with van der Waals surface area (Å²) >= 11 is 4.16. The van der Waals surface area contributed by atoms with Gasteiger partial charge in [-0.25, -0.2) is 0 Å². The summed E-state index contributed by atoms with van der Waals surface area (Å²) in [6, 6.07) is 0. The van der Waals surface area contributed by atoms with Crippen molar-refractivity contribution in [2.75, 3.05) is 19.0 Å². The Morgan fingerprint density at radius 2 is 1.90 bits per heavy atom. The molecule has 0 aromatic rings. The molecule has 0 saturated carbocycles. The fourth-order valence-corrected chi connectivity index (χ4v) is 1.04. The largest absolute Gasteiger partial charge is 0.350 e. The first-order valence-electron chi connectivity index (χ1n) is 3.53. The predicted molar refractivity (Wildman–Crippen MR) is 43.3 cm³/mol. The Morgan fingerprint density at radius 3 is 2.30 bits per heavy atom. The molecule has 0 unspecified atom stereocenters. The van der Waals surface area contributed by atoms with Gasteiger partial charge in [0.05, 0.1) is 13.2 Å². The second-order valence-corrected chi connectivity index (χ2v) is 3.44. The Labute approximate surface area is 67.3 Å². The van der Waals surface area contributed by atoms with Crippen LogP contribution >= 0.6 is 12.6 Å². The lowest BCUT2D eigenvalue weighted by Crippen LogP contribution is -2.39. The lowest BCUT2D eigenvalue weighted by Gasteiger charge is -2.34. The van der Waals surface area contributed by atoms with Crippen LogP contribution in [0, 0.1) is 5.92 Å². The molecule has 1 saturated heterocycles. The summed E-state index contributed by atoms with van der Waals surface area (Å²) in [4.78, 5) is 0. The number of ether oxygens (including phenoxy) is 2. The molecule has 0 aromatic carbocycles. The molecule has 1 heterocycles. The van der Waals surface area contributed by atoms with Crippen LogP contribution in [0.2, 0.25) is 0 Å². The summed E-state index contributed by atoms with van der Waals surface area (Å²) in [7, 11) is 0. The van der Waals surface area contributed by atoms with Crippen LogP contribution in [0.25, 0.3) is 0 Å². The number of hydrogen-bond acceptors (Lipinski definition) is 3. The maximum absolute atomic E-state index is 5.40. The first kappa shape index (κ1) is 8.37. The van der Waals surface area contributed by atoms with Crippen molar-refractivity contribution < 1.29 is 9.47 Å². The number of hydrogen-bond donors (Lipinski definition) is 1. The molecule has 0 amide bonds. The molecule has 3 heteroatoms. The van der Waals surface area contributed by atoms with Crippen molar-refractivity contribution in [2.24, 2.45) is 5.92 Å². The van der Waals surface area contributed by atoms with E-state index in [9.17, 15) is 0 Å². The van der Waals surface area contributed by atoms with Gasteiger partial charge in [0.2, 0.25) is 0 Å². The van der Waals surface area contributed by atoms with Gasteiger partial charge in [-0.05, 0) is 19.6 Å². The molecule has 1 rings (SSSR count). The highest BCUT2D eigenvalue weighted by molar-refractivity contribution is 7.80. The SMILES string of the molecule is CC1(C)OCC(CS)CO1. The van der Waals surface area contributed by atoms with Crippen molar-refractivity contribution >= 4 is 12.6 Å². The predicted octanol–water partition coefficient (Wildman–Crippen LogP) is 1.32. The van der Waals surface area contributed by atoms with Crippen LogP contribution in [0.5, 0.6) is 0 Å². The molecular formula is C7H14O2S. The molecule has 0 aliphatic carbocycles. The molecule has 0 spiro atoms. The average molecular weight is 162 g/mol. The molecule has 0 aromatic heterocycles. The van der Waals surface area contributed by atoms with Gasteiger partial charge in [0.15, 0.2) is 5.79 Å². The van der Waals surface area contributed by atoms with Gasteiger partial charge in [-0.15, -0.1) is 0 Å². The first-order chi connectivity index (χ1) is 4.64. The summed E-state index contributed by atoms with van der Waals surface area (Å²) in [5, 5.41) is 0. The Bertz CT molecular complexity index is 104. The molecule has 1 aliphatic rings. The Morgan fingerprint density at radius 1 is 1.40 bits per heavy atom. The van der Waals surface area contributed by atoms with Crippen molar-refractivity contribution in [1.29, 1.82) is 0 Å². The third-order valence-electron chi connectivity index (χ3n) is 1.59. The topological polar surface area (TPSA) is 18.5 Å². The summed E-state index contributed by atoms with van der Waals surface area (Å²) in [6.45, 7) is 5.41. The van der Waals surface area contributed by atoms with Crippen molar-refractivity contribution in [2.45, 2.75) is 19.6 Å². The lowest BCUT2D eigenvalue weighted by atomic mass is 10.2. The maximum atomic E-state index is 5.40. The lowest BCUT2D eigenvalue weighted by molar-refractivity contribution is -0.259. The van der Waals surface area contributed by atoms with Gasteiger partial charge in [0, 0.05) is 5.92 Å². The zero-order valence-electron chi connectivity index (χ0n) is 6.46. The molecule has 0 N–H and O–H groups in total. The second-order valence-electron chi connectivity index (χ2n) is 3.07. The van der Waals surface area contributed by atoms with E-state index in [1.807, 2.05) is 13.8 Å². The third-order valence-corrected chi connectivity index (χ3v) is 2.11. The van der Waals surface area contributed by atoms with E-state index >= 15 is 0 Å². The minimum atomic E-state index is -0.376. The Hall–Kier alpha value is 0.270. The van der Waals surface area contributed by atoms with Crippen LogP contribution < -0.4 is 0 Å². The minimum absolute atomic E-state index is 0.376. The first-order valence-corrected chi connectivity index (χ1v) is 4.16. The zero-order chi connectivity index (χ0) is 7.61. The number of rotatable bonds is 1. The van der Waals surface area contributed by atoms with E-state index in [1.165, 1.54) is 0 Å². The van der Waals surface area contributed by atoms with Crippen molar-refractivity contribution in [3.8, 4) is 0 Å². The highest BCUT2D eigenvalue weighted by atomic mass is 32.1. The van der Waals surface area contributed by atoms with Crippen molar-refractivity contribution in [1.82, 2.24) is 0 Å². The molecule has 1 fully saturated rings. The highest BCUT2D eigenvalue weighted by Crippen LogP contribution is 2.20. The summed E-state index contributed by atoms with van der Waals surface area (Å²) < 4.78 is 10.8. The van der Waals surface area contributed by atoms with Crippen LogP contribution in [-0.4, -0.2) is 24.8 Å². The summed E-state index contributed by atoms with van der Waals surface area (Å²) in [6.07, 6.45) is 0. The van der Waals surface area contributed by atoms with Crippen LogP contribution in [0.4, 0.5) is 0 Å². The average Bonchev–Trinajstić information content (AvgIpc) is 1.88. The van der Waals surface area contributed by atoms with E-state index in [1.54, 1.807) is 0 Å². The maximum Gasteiger partial charge on any atom is 0.162 e. The van der Waals surface area contributed by atoms with E-state index in [-0.39, 0.29) is 5.79 Å². The molecule has 0 atom stereocenters. The summed E-state index contributed by atoms with van der Waals surface area (Å²) in [5.74, 6) is 0.937. The van der Waals surface area contributed by atoms with Crippen LogP contribution in [-0.2, 0) is 9.47 Å². The third kappa shape index (κ3) is 2.15. The van der Waals surface area contributed by atoms with Crippen LogP contribution in [0.3, 0.4) is 0 Å². The fraction of sp³-hybridized carbons (Fsp3) is 1.00. The standard InChI is InChI=1S/C7H14O2S/c1-7(2)8-3-6(5-10)4-9-7/h6,10H,3-5H2,1-2H3. The van der Waals surface area contributed by atoms with Crippen molar-refractivity contribution in [3.05, 3.63) is 0 Å². The molecular weight excluding hydrogens is 148 g/mol. The van der Waals surface area contributed by atoms with Crippen LogP contribution in [0.1, 0.15) is 13.8 Å². The second kappa shape index (κ2) is 3.11. The Kier molecular flexibility index (Phi) is 2.61. The van der Waals surface area contributed by atoms with E-state index in [0.717, 1.165) is 19.0 Å². The quantitative estimate of drug-likeness (QED) is 0.586. The van der Waals surface area contributed by atoms with Gasteiger partial charge in [0.25, 0.3) is 0 Å². The van der Waals surface area contributed by atoms with Gasteiger partial charge in [-0.3, -0.25) is 0 Å². The molecule has 0 bridgehead atoms. The molecule has 2 nitrogen and oxygen atoms in total. The highest BCUT2D eigenvalue weighted by Gasteiger charge is 2.27. The van der Waals surface area contributed by atoms with E-state index in [0.29, 0.717) is 5.92 Å². The van der Waals surface area contributed by atoms with Crippen LogP contribution in [0.15, 0.2) is 0 Å². The normalized spacial score (nSPS) is 26.7. The van der Waals surface area contributed by atoms with Gasteiger partial charge in [-0.2, -0.15) is 12.6 Å². The van der Waals surface area contributed by atoms with Gasteiger partial charge in [0.1, 0.15) is 0 Å². The van der Waals surface area contributed by atoms with Gasteiger partial charge in [-0.1, -0.05) is 0 Å². The van der Waals surface area contributed by atoms with E-state index < -0.39 is 0 Å². The fourth-order valence-electron chi connectivity index (χ4n) is 0.832. The minimum Gasteiger partial charge on any atom is -0.350 e. The van der Waals surface area contributed by atoms with Gasteiger partial charge < -0.3 is 9.47 Å². The molecule has 60 valence electrons.